The molecule has 6 heteroatoms. The lowest BCUT2D eigenvalue weighted by atomic mass is 10.3. The van der Waals surface area contributed by atoms with Crippen molar-refractivity contribution in [1.29, 1.82) is 0 Å². The van der Waals surface area contributed by atoms with E-state index in [9.17, 15) is 4.79 Å². The van der Waals surface area contributed by atoms with Gasteiger partial charge in [-0.25, -0.2) is 4.79 Å². The van der Waals surface area contributed by atoms with E-state index in [4.69, 9.17) is 11.6 Å². The molecule has 0 aliphatic heterocycles. The van der Waals surface area contributed by atoms with Gasteiger partial charge in [0.15, 0.2) is 0 Å². The van der Waals surface area contributed by atoms with E-state index in [1.807, 2.05) is 30.3 Å². The van der Waals surface area contributed by atoms with Crippen molar-refractivity contribution in [2.24, 2.45) is 0 Å². The highest BCUT2D eigenvalue weighted by Crippen LogP contribution is 2.22. The van der Waals surface area contributed by atoms with Crippen LogP contribution in [0.5, 0.6) is 0 Å². The third-order valence-electron chi connectivity index (χ3n) is 2.75. The maximum Gasteiger partial charge on any atom is 0.317 e. The SMILES string of the molecule is CN(Cc1ccc(Cl)s1)C(=O)NCCc1ccccn1. The molecular weight excluding hydrogens is 294 g/mol. The molecule has 4 nitrogen and oxygen atoms in total. The molecule has 0 unspecified atom stereocenters. The van der Waals surface area contributed by atoms with Crippen molar-refractivity contribution in [2.75, 3.05) is 13.6 Å². The summed E-state index contributed by atoms with van der Waals surface area (Å²) in [5, 5.41) is 2.88. The monoisotopic (exact) mass is 309 g/mol. The molecule has 0 atom stereocenters. The summed E-state index contributed by atoms with van der Waals surface area (Å²) in [5.41, 5.74) is 0.973. The van der Waals surface area contributed by atoms with Crippen LogP contribution in [0.2, 0.25) is 4.34 Å². The van der Waals surface area contributed by atoms with Gasteiger partial charge in [-0.05, 0) is 24.3 Å². The van der Waals surface area contributed by atoms with Crippen LogP contribution in [0.15, 0.2) is 36.5 Å². The number of pyridine rings is 1. The number of hydrogen-bond donors (Lipinski definition) is 1. The number of aromatic nitrogens is 1. The van der Waals surface area contributed by atoms with E-state index >= 15 is 0 Å². The molecule has 0 bridgehead atoms. The highest BCUT2D eigenvalue weighted by atomic mass is 35.5. The normalized spacial score (nSPS) is 10.3. The van der Waals surface area contributed by atoms with Crippen molar-refractivity contribution in [1.82, 2.24) is 15.2 Å². The molecule has 2 amide bonds. The Morgan fingerprint density at radius 1 is 1.40 bits per heavy atom. The molecule has 0 aliphatic carbocycles. The molecular formula is C14H16ClN3OS. The van der Waals surface area contributed by atoms with E-state index in [0.717, 1.165) is 21.3 Å². The third kappa shape index (κ3) is 4.51. The van der Waals surface area contributed by atoms with Crippen molar-refractivity contribution in [2.45, 2.75) is 13.0 Å². The first kappa shape index (κ1) is 14.8. The van der Waals surface area contributed by atoms with Gasteiger partial charge in [-0.1, -0.05) is 17.7 Å². The summed E-state index contributed by atoms with van der Waals surface area (Å²) in [4.78, 5) is 18.8. The van der Waals surface area contributed by atoms with Crippen LogP contribution >= 0.6 is 22.9 Å². The minimum Gasteiger partial charge on any atom is -0.338 e. The minimum atomic E-state index is -0.0922. The van der Waals surface area contributed by atoms with Gasteiger partial charge >= 0.3 is 6.03 Å². The fraction of sp³-hybridized carbons (Fsp3) is 0.286. The van der Waals surface area contributed by atoms with E-state index < -0.39 is 0 Å². The van der Waals surface area contributed by atoms with Crippen LogP contribution in [0, 0.1) is 0 Å². The first-order valence-corrected chi connectivity index (χ1v) is 7.47. The topological polar surface area (TPSA) is 45.2 Å². The molecule has 0 saturated carbocycles. The number of halogens is 1. The maximum atomic E-state index is 11.9. The molecule has 2 aromatic rings. The summed E-state index contributed by atoms with van der Waals surface area (Å²) >= 11 is 7.36. The number of rotatable bonds is 5. The molecule has 0 saturated heterocycles. The second kappa shape index (κ2) is 7.26. The molecule has 0 radical (unpaired) electrons. The zero-order valence-electron chi connectivity index (χ0n) is 11.2. The number of urea groups is 1. The lowest BCUT2D eigenvalue weighted by Crippen LogP contribution is -2.37. The second-order valence-corrected chi connectivity index (χ2v) is 6.16. The standard InChI is InChI=1S/C14H16ClN3OS/c1-18(10-12-5-6-13(15)20-12)14(19)17-9-7-11-4-2-3-8-16-11/h2-6,8H,7,9-10H2,1H3,(H,17,19). The Morgan fingerprint density at radius 3 is 2.90 bits per heavy atom. The Bertz CT molecular complexity index is 559. The van der Waals surface area contributed by atoms with Gasteiger partial charge in [-0.2, -0.15) is 0 Å². The van der Waals surface area contributed by atoms with E-state index in [0.29, 0.717) is 13.1 Å². The minimum absolute atomic E-state index is 0.0922. The van der Waals surface area contributed by atoms with Gasteiger partial charge in [0.1, 0.15) is 0 Å². The van der Waals surface area contributed by atoms with Crippen molar-refractivity contribution in [3.8, 4) is 0 Å². The number of thiophene rings is 1. The van der Waals surface area contributed by atoms with Crippen LogP contribution in [0.1, 0.15) is 10.6 Å². The Balaban J connectivity index is 1.74. The number of hydrogen-bond acceptors (Lipinski definition) is 3. The van der Waals surface area contributed by atoms with E-state index in [1.54, 1.807) is 18.1 Å². The molecule has 0 aliphatic rings. The van der Waals surface area contributed by atoms with Crippen LogP contribution in [-0.2, 0) is 13.0 Å². The highest BCUT2D eigenvalue weighted by Gasteiger charge is 2.09. The summed E-state index contributed by atoms with van der Waals surface area (Å²) in [5.74, 6) is 0. The Hall–Kier alpha value is -1.59. The van der Waals surface area contributed by atoms with Crippen LogP contribution < -0.4 is 5.32 Å². The zero-order valence-corrected chi connectivity index (χ0v) is 12.7. The molecule has 2 heterocycles. The molecule has 0 spiro atoms. The van der Waals surface area contributed by atoms with Gasteiger partial charge in [0.05, 0.1) is 10.9 Å². The highest BCUT2D eigenvalue weighted by molar-refractivity contribution is 7.16. The number of nitrogens with one attached hydrogen (secondary N) is 1. The van der Waals surface area contributed by atoms with Gasteiger partial charge in [0.25, 0.3) is 0 Å². The largest absolute Gasteiger partial charge is 0.338 e. The molecule has 2 rings (SSSR count). The van der Waals surface area contributed by atoms with Gasteiger partial charge in [-0.15, -0.1) is 11.3 Å². The third-order valence-corrected chi connectivity index (χ3v) is 3.97. The molecule has 1 N–H and O–H groups in total. The molecule has 106 valence electrons. The summed E-state index contributed by atoms with van der Waals surface area (Å²) < 4.78 is 0.740. The molecule has 2 aromatic heterocycles. The quantitative estimate of drug-likeness (QED) is 0.922. The summed E-state index contributed by atoms with van der Waals surface area (Å²) in [6, 6.07) is 9.45. The summed E-state index contributed by atoms with van der Waals surface area (Å²) in [6.45, 7) is 1.14. The van der Waals surface area contributed by atoms with Gasteiger partial charge in [0, 0.05) is 36.8 Å². The fourth-order valence-corrected chi connectivity index (χ4v) is 2.86. The molecule has 0 aromatic carbocycles. The number of amides is 2. The zero-order chi connectivity index (χ0) is 14.4. The van der Waals surface area contributed by atoms with Gasteiger partial charge in [0.2, 0.25) is 0 Å². The predicted molar refractivity (Wildman–Crippen MR) is 82.1 cm³/mol. The smallest absolute Gasteiger partial charge is 0.317 e. The predicted octanol–water partition coefficient (Wildman–Crippen LogP) is 3.18. The first-order valence-electron chi connectivity index (χ1n) is 6.28. The van der Waals surface area contributed by atoms with Crippen molar-refractivity contribution >= 4 is 29.0 Å². The van der Waals surface area contributed by atoms with Crippen LogP contribution in [0.25, 0.3) is 0 Å². The Labute approximate surface area is 127 Å². The van der Waals surface area contributed by atoms with Crippen molar-refractivity contribution in [3.05, 3.63) is 51.4 Å². The fourth-order valence-electron chi connectivity index (χ4n) is 1.72. The van der Waals surface area contributed by atoms with Crippen molar-refractivity contribution < 1.29 is 4.79 Å². The molecule has 0 fully saturated rings. The van der Waals surface area contributed by atoms with Gasteiger partial charge < -0.3 is 10.2 Å². The van der Waals surface area contributed by atoms with Crippen LogP contribution in [-0.4, -0.2) is 29.5 Å². The first-order chi connectivity index (χ1) is 9.65. The number of carbonyl (C=O) groups is 1. The van der Waals surface area contributed by atoms with E-state index in [1.165, 1.54) is 11.3 Å². The van der Waals surface area contributed by atoms with Gasteiger partial charge in [-0.3, -0.25) is 4.98 Å². The average Bonchev–Trinajstić information content (AvgIpc) is 2.85. The molecule has 20 heavy (non-hydrogen) atoms. The lowest BCUT2D eigenvalue weighted by molar-refractivity contribution is 0.207. The number of carbonyl (C=O) groups excluding carboxylic acids is 1. The van der Waals surface area contributed by atoms with Crippen LogP contribution in [0.3, 0.4) is 0 Å². The second-order valence-electron chi connectivity index (χ2n) is 4.36. The Kier molecular flexibility index (Phi) is 5.38. The summed E-state index contributed by atoms with van der Waals surface area (Å²) in [7, 11) is 1.77. The van der Waals surface area contributed by atoms with E-state index in [-0.39, 0.29) is 6.03 Å². The lowest BCUT2D eigenvalue weighted by Gasteiger charge is -2.17. The maximum absolute atomic E-state index is 11.9. The average molecular weight is 310 g/mol. The number of nitrogens with zero attached hydrogens (tertiary/aromatic N) is 2. The van der Waals surface area contributed by atoms with Crippen molar-refractivity contribution in [3.63, 3.8) is 0 Å². The summed E-state index contributed by atoms with van der Waals surface area (Å²) in [6.07, 6.45) is 2.48. The van der Waals surface area contributed by atoms with Crippen LogP contribution in [0.4, 0.5) is 4.79 Å². The van der Waals surface area contributed by atoms with E-state index in [2.05, 4.69) is 10.3 Å². The Morgan fingerprint density at radius 2 is 2.25 bits per heavy atom.